The molecule has 2 aromatic carbocycles. The maximum Gasteiger partial charge on any atom is 0.416 e. The van der Waals surface area contributed by atoms with Crippen LogP contribution in [0.5, 0.6) is 5.75 Å². The molecule has 0 bridgehead atoms. The zero-order valence-electron chi connectivity index (χ0n) is 11.2. The average molecular weight is 296 g/mol. The van der Waals surface area contributed by atoms with Crippen LogP contribution in [0.25, 0.3) is 0 Å². The van der Waals surface area contributed by atoms with Crippen molar-refractivity contribution < 1.29 is 23.0 Å². The zero-order chi connectivity index (χ0) is 15.3. The molecule has 0 saturated heterocycles. The van der Waals surface area contributed by atoms with Crippen LogP contribution in [-0.2, 0) is 19.2 Å². The fourth-order valence-corrected chi connectivity index (χ4v) is 1.95. The first kappa shape index (κ1) is 15.4. The molecule has 0 amide bonds. The second-order valence-electron chi connectivity index (χ2n) is 4.57. The van der Waals surface area contributed by atoms with E-state index in [1.807, 2.05) is 30.3 Å². The molecule has 0 aliphatic rings. The Bertz CT molecular complexity index is 580. The number of ether oxygens (including phenoxy) is 1. The summed E-state index contributed by atoms with van der Waals surface area (Å²) in [5, 5.41) is 8.99. The summed E-state index contributed by atoms with van der Waals surface area (Å²) >= 11 is 0. The molecule has 21 heavy (non-hydrogen) atoms. The second kappa shape index (κ2) is 6.63. The van der Waals surface area contributed by atoms with Gasteiger partial charge in [0.2, 0.25) is 0 Å². The minimum absolute atomic E-state index is 0.119. The normalized spacial score (nSPS) is 11.4. The van der Waals surface area contributed by atoms with Crippen LogP contribution in [0.1, 0.15) is 16.7 Å². The molecule has 0 unspecified atom stereocenters. The Hall–Kier alpha value is -2.01. The van der Waals surface area contributed by atoms with Gasteiger partial charge >= 0.3 is 6.18 Å². The summed E-state index contributed by atoms with van der Waals surface area (Å²) in [5.41, 5.74) is 0.536. The number of alkyl halides is 3. The van der Waals surface area contributed by atoms with Gasteiger partial charge in [0.1, 0.15) is 12.4 Å². The molecule has 5 heteroatoms. The Labute approximate surface area is 120 Å². The lowest BCUT2D eigenvalue weighted by molar-refractivity contribution is -0.137. The summed E-state index contributed by atoms with van der Waals surface area (Å²) in [4.78, 5) is 0. The molecule has 0 radical (unpaired) electrons. The maximum absolute atomic E-state index is 12.7. The number of rotatable bonds is 5. The van der Waals surface area contributed by atoms with Gasteiger partial charge in [-0.1, -0.05) is 30.3 Å². The number of aliphatic hydroxyl groups excluding tert-OH is 1. The predicted octanol–water partition coefficient (Wildman–Crippen LogP) is 3.82. The predicted molar refractivity (Wildman–Crippen MR) is 73.0 cm³/mol. The summed E-state index contributed by atoms with van der Waals surface area (Å²) in [7, 11) is 0. The Balaban J connectivity index is 2.18. The first-order valence-corrected chi connectivity index (χ1v) is 6.48. The first-order chi connectivity index (χ1) is 10.0. The molecular formula is C16H15F3O2. The van der Waals surface area contributed by atoms with Crippen molar-refractivity contribution in [2.45, 2.75) is 19.2 Å². The van der Waals surface area contributed by atoms with Crippen molar-refractivity contribution in [2.75, 3.05) is 6.61 Å². The molecule has 2 aromatic rings. The summed E-state index contributed by atoms with van der Waals surface area (Å²) < 4.78 is 43.6. The van der Waals surface area contributed by atoms with Gasteiger partial charge in [0.05, 0.1) is 5.56 Å². The van der Waals surface area contributed by atoms with Crippen molar-refractivity contribution in [3.05, 3.63) is 65.2 Å². The Morgan fingerprint density at radius 2 is 1.71 bits per heavy atom. The molecule has 0 heterocycles. The molecular weight excluding hydrogens is 281 g/mol. The molecule has 0 spiro atoms. The number of halogens is 3. The Morgan fingerprint density at radius 1 is 1.00 bits per heavy atom. The number of hydrogen-bond acceptors (Lipinski definition) is 2. The second-order valence-corrected chi connectivity index (χ2v) is 4.57. The SMILES string of the molecule is OCCc1cc(C(F)(F)F)ccc1OCc1ccccc1. The van der Waals surface area contributed by atoms with E-state index >= 15 is 0 Å². The lowest BCUT2D eigenvalue weighted by atomic mass is 10.1. The van der Waals surface area contributed by atoms with Gasteiger partial charge in [-0.3, -0.25) is 0 Å². The molecule has 2 nitrogen and oxygen atoms in total. The van der Waals surface area contributed by atoms with Crippen molar-refractivity contribution in [2.24, 2.45) is 0 Å². The summed E-state index contributed by atoms with van der Waals surface area (Å²) in [6.07, 6.45) is -4.28. The number of benzene rings is 2. The highest BCUT2D eigenvalue weighted by atomic mass is 19.4. The number of aliphatic hydroxyl groups is 1. The smallest absolute Gasteiger partial charge is 0.416 e. The van der Waals surface area contributed by atoms with Crippen molar-refractivity contribution in [1.29, 1.82) is 0 Å². The molecule has 0 fully saturated rings. The molecule has 0 saturated carbocycles. The van der Waals surface area contributed by atoms with E-state index in [1.54, 1.807) is 0 Å². The van der Waals surface area contributed by atoms with Gasteiger partial charge < -0.3 is 9.84 Å². The summed E-state index contributed by atoms with van der Waals surface area (Å²) in [5.74, 6) is 0.362. The van der Waals surface area contributed by atoms with Crippen molar-refractivity contribution in [3.8, 4) is 5.75 Å². The molecule has 2 rings (SSSR count). The van der Waals surface area contributed by atoms with Gasteiger partial charge in [-0.05, 0) is 35.7 Å². The van der Waals surface area contributed by atoms with Gasteiger partial charge in [-0.25, -0.2) is 0 Å². The summed E-state index contributed by atoms with van der Waals surface area (Å²) in [6.45, 7) is 0.0354. The average Bonchev–Trinajstić information content (AvgIpc) is 2.46. The van der Waals surface area contributed by atoms with Gasteiger partial charge in [0.15, 0.2) is 0 Å². The van der Waals surface area contributed by atoms with Crippen LogP contribution in [0.2, 0.25) is 0 Å². The van der Waals surface area contributed by atoms with Crippen LogP contribution in [0.15, 0.2) is 48.5 Å². The van der Waals surface area contributed by atoms with E-state index in [-0.39, 0.29) is 19.6 Å². The topological polar surface area (TPSA) is 29.5 Å². The Morgan fingerprint density at radius 3 is 2.33 bits per heavy atom. The van der Waals surface area contributed by atoms with Gasteiger partial charge in [0, 0.05) is 6.61 Å². The molecule has 112 valence electrons. The van der Waals surface area contributed by atoms with E-state index in [2.05, 4.69) is 0 Å². The van der Waals surface area contributed by atoms with Crippen LogP contribution in [0.3, 0.4) is 0 Å². The maximum atomic E-state index is 12.7. The quantitative estimate of drug-likeness (QED) is 0.909. The molecule has 0 aliphatic heterocycles. The fraction of sp³-hybridized carbons (Fsp3) is 0.250. The largest absolute Gasteiger partial charge is 0.489 e. The third-order valence-corrected chi connectivity index (χ3v) is 3.01. The third kappa shape index (κ3) is 4.23. The minimum atomic E-state index is -4.40. The molecule has 0 aromatic heterocycles. The lowest BCUT2D eigenvalue weighted by Crippen LogP contribution is -2.07. The highest BCUT2D eigenvalue weighted by Crippen LogP contribution is 2.33. The molecule has 1 N–H and O–H groups in total. The minimum Gasteiger partial charge on any atom is -0.489 e. The van der Waals surface area contributed by atoms with Gasteiger partial charge in [0.25, 0.3) is 0 Å². The van der Waals surface area contributed by atoms with E-state index < -0.39 is 11.7 Å². The first-order valence-electron chi connectivity index (χ1n) is 6.48. The highest BCUT2D eigenvalue weighted by molar-refractivity contribution is 5.38. The van der Waals surface area contributed by atoms with Crippen LogP contribution >= 0.6 is 0 Å². The van der Waals surface area contributed by atoms with E-state index in [0.717, 1.165) is 17.7 Å². The van der Waals surface area contributed by atoms with Gasteiger partial charge in [-0.2, -0.15) is 13.2 Å². The molecule has 0 atom stereocenters. The van der Waals surface area contributed by atoms with Gasteiger partial charge in [-0.15, -0.1) is 0 Å². The standard InChI is InChI=1S/C16H15F3O2/c17-16(18,19)14-6-7-15(13(10-14)8-9-20)21-11-12-4-2-1-3-5-12/h1-7,10,20H,8-9,11H2. The highest BCUT2D eigenvalue weighted by Gasteiger charge is 2.31. The number of hydrogen-bond donors (Lipinski definition) is 1. The van der Waals surface area contributed by atoms with Crippen molar-refractivity contribution in [3.63, 3.8) is 0 Å². The zero-order valence-corrected chi connectivity index (χ0v) is 11.2. The van der Waals surface area contributed by atoms with Crippen molar-refractivity contribution in [1.82, 2.24) is 0 Å². The van der Waals surface area contributed by atoms with E-state index in [1.165, 1.54) is 6.07 Å². The molecule has 0 aliphatic carbocycles. The monoisotopic (exact) mass is 296 g/mol. The lowest BCUT2D eigenvalue weighted by Gasteiger charge is -2.14. The van der Waals surface area contributed by atoms with E-state index in [0.29, 0.717) is 11.3 Å². The van der Waals surface area contributed by atoms with Crippen molar-refractivity contribution >= 4 is 0 Å². The van der Waals surface area contributed by atoms with Crippen LogP contribution in [0.4, 0.5) is 13.2 Å². The fourth-order valence-electron chi connectivity index (χ4n) is 1.95. The van der Waals surface area contributed by atoms with Crippen LogP contribution in [-0.4, -0.2) is 11.7 Å². The van der Waals surface area contributed by atoms with Crippen LogP contribution in [0, 0.1) is 0 Å². The van der Waals surface area contributed by atoms with E-state index in [4.69, 9.17) is 9.84 Å². The van der Waals surface area contributed by atoms with E-state index in [9.17, 15) is 13.2 Å². The summed E-state index contributed by atoms with van der Waals surface area (Å²) in [6, 6.07) is 12.7. The third-order valence-electron chi connectivity index (χ3n) is 3.01. The van der Waals surface area contributed by atoms with Crippen LogP contribution < -0.4 is 4.74 Å². The Kier molecular flexibility index (Phi) is 4.85.